The lowest BCUT2D eigenvalue weighted by Gasteiger charge is -2.05. The Balaban J connectivity index is 2.02. The third kappa shape index (κ3) is 2.74. The van der Waals surface area contributed by atoms with Crippen molar-refractivity contribution in [3.63, 3.8) is 0 Å². The number of nitrogens with two attached hydrogens (primary N) is 1. The summed E-state index contributed by atoms with van der Waals surface area (Å²) >= 11 is 0. The molecule has 0 atom stereocenters. The molecular weight excluding hydrogens is 210 g/mol. The second kappa shape index (κ2) is 5.15. The number of hydrogen-bond donors (Lipinski definition) is 1. The van der Waals surface area contributed by atoms with Crippen LogP contribution in [0.2, 0.25) is 0 Å². The summed E-state index contributed by atoms with van der Waals surface area (Å²) in [6.07, 6.45) is 3.98. The van der Waals surface area contributed by atoms with Crippen molar-refractivity contribution in [3.05, 3.63) is 53.1 Å². The standard InChI is InChI=1S/C14H19N3/c1-11-3-5-12(6-4-11)7-8-13-10-16-14(9-15)17(13)2/h3-6,10H,7-9,15H2,1-2H3. The molecule has 0 unspecified atom stereocenters. The van der Waals surface area contributed by atoms with Gasteiger partial charge in [0.15, 0.2) is 0 Å². The highest BCUT2D eigenvalue weighted by atomic mass is 15.1. The summed E-state index contributed by atoms with van der Waals surface area (Å²) in [7, 11) is 2.03. The average molecular weight is 229 g/mol. The van der Waals surface area contributed by atoms with Crippen molar-refractivity contribution in [1.82, 2.24) is 9.55 Å². The van der Waals surface area contributed by atoms with Gasteiger partial charge in [0.05, 0.1) is 6.54 Å². The predicted octanol–water partition coefficient (Wildman–Crippen LogP) is 1.97. The van der Waals surface area contributed by atoms with E-state index in [2.05, 4.69) is 40.7 Å². The third-order valence-corrected chi connectivity index (χ3v) is 3.15. The molecule has 1 aromatic carbocycles. The number of nitrogens with zero attached hydrogens (tertiary/aromatic N) is 2. The van der Waals surface area contributed by atoms with Crippen LogP contribution in [-0.2, 0) is 26.4 Å². The number of aryl methyl sites for hydroxylation is 3. The van der Waals surface area contributed by atoms with E-state index in [9.17, 15) is 0 Å². The maximum Gasteiger partial charge on any atom is 0.122 e. The predicted molar refractivity (Wildman–Crippen MR) is 69.7 cm³/mol. The van der Waals surface area contributed by atoms with E-state index in [0.717, 1.165) is 18.7 Å². The summed E-state index contributed by atoms with van der Waals surface area (Å²) in [6, 6.07) is 8.69. The molecule has 0 aliphatic rings. The van der Waals surface area contributed by atoms with E-state index in [0.29, 0.717) is 6.54 Å². The molecular formula is C14H19N3. The fraction of sp³-hybridized carbons (Fsp3) is 0.357. The molecule has 1 aromatic heterocycles. The number of aromatic nitrogens is 2. The molecule has 2 rings (SSSR count). The summed E-state index contributed by atoms with van der Waals surface area (Å²) in [5, 5.41) is 0. The van der Waals surface area contributed by atoms with E-state index < -0.39 is 0 Å². The summed E-state index contributed by atoms with van der Waals surface area (Å²) in [5.74, 6) is 0.948. The van der Waals surface area contributed by atoms with Gasteiger partial charge in [-0.15, -0.1) is 0 Å². The zero-order chi connectivity index (χ0) is 12.3. The highest BCUT2D eigenvalue weighted by Gasteiger charge is 2.04. The number of imidazole rings is 1. The van der Waals surface area contributed by atoms with Gasteiger partial charge in [-0.2, -0.15) is 0 Å². The first-order valence-electron chi connectivity index (χ1n) is 5.96. The first-order valence-corrected chi connectivity index (χ1v) is 5.96. The molecule has 3 heteroatoms. The molecule has 0 fully saturated rings. The van der Waals surface area contributed by atoms with Crippen LogP contribution in [0.4, 0.5) is 0 Å². The lowest BCUT2D eigenvalue weighted by Crippen LogP contribution is -2.07. The molecule has 0 aliphatic carbocycles. The summed E-state index contributed by atoms with van der Waals surface area (Å²) in [6.45, 7) is 2.61. The topological polar surface area (TPSA) is 43.8 Å². The Bertz CT molecular complexity index is 483. The molecule has 0 bridgehead atoms. The molecule has 3 nitrogen and oxygen atoms in total. The van der Waals surface area contributed by atoms with Gasteiger partial charge in [0.1, 0.15) is 5.82 Å². The Labute approximate surface area is 102 Å². The zero-order valence-corrected chi connectivity index (χ0v) is 10.5. The van der Waals surface area contributed by atoms with Crippen LogP contribution in [0.1, 0.15) is 22.6 Å². The van der Waals surface area contributed by atoms with E-state index in [1.54, 1.807) is 0 Å². The summed E-state index contributed by atoms with van der Waals surface area (Å²) < 4.78 is 2.09. The van der Waals surface area contributed by atoms with Gasteiger partial charge < -0.3 is 10.3 Å². The van der Waals surface area contributed by atoms with Crippen LogP contribution in [0, 0.1) is 6.92 Å². The second-order valence-electron chi connectivity index (χ2n) is 4.41. The van der Waals surface area contributed by atoms with Crippen LogP contribution in [0.5, 0.6) is 0 Å². The van der Waals surface area contributed by atoms with Gasteiger partial charge in [-0.25, -0.2) is 4.98 Å². The Kier molecular flexibility index (Phi) is 3.59. The van der Waals surface area contributed by atoms with Gasteiger partial charge in [0.25, 0.3) is 0 Å². The first-order chi connectivity index (χ1) is 8.20. The van der Waals surface area contributed by atoms with E-state index in [1.165, 1.54) is 16.8 Å². The Morgan fingerprint density at radius 2 is 1.88 bits per heavy atom. The van der Waals surface area contributed by atoms with Crippen molar-refractivity contribution in [2.75, 3.05) is 0 Å². The fourth-order valence-electron chi connectivity index (χ4n) is 1.94. The van der Waals surface area contributed by atoms with E-state index in [-0.39, 0.29) is 0 Å². The van der Waals surface area contributed by atoms with Gasteiger partial charge in [-0.3, -0.25) is 0 Å². The van der Waals surface area contributed by atoms with Gasteiger partial charge >= 0.3 is 0 Å². The molecule has 0 saturated carbocycles. The number of benzene rings is 1. The molecule has 0 spiro atoms. The van der Waals surface area contributed by atoms with Crippen LogP contribution >= 0.6 is 0 Å². The normalized spacial score (nSPS) is 10.8. The number of hydrogen-bond acceptors (Lipinski definition) is 2. The lowest BCUT2D eigenvalue weighted by molar-refractivity contribution is 0.739. The molecule has 1 heterocycles. The molecule has 0 saturated heterocycles. The summed E-state index contributed by atoms with van der Waals surface area (Å²) in [4.78, 5) is 4.30. The van der Waals surface area contributed by atoms with Gasteiger partial charge in [0.2, 0.25) is 0 Å². The molecule has 0 aliphatic heterocycles. The van der Waals surface area contributed by atoms with E-state index in [4.69, 9.17) is 5.73 Å². The van der Waals surface area contributed by atoms with Gasteiger partial charge in [0, 0.05) is 18.9 Å². The molecule has 0 radical (unpaired) electrons. The lowest BCUT2D eigenvalue weighted by atomic mass is 10.1. The first kappa shape index (κ1) is 11.9. The maximum absolute atomic E-state index is 5.60. The third-order valence-electron chi connectivity index (χ3n) is 3.15. The van der Waals surface area contributed by atoms with Crippen molar-refractivity contribution < 1.29 is 0 Å². The van der Waals surface area contributed by atoms with Crippen molar-refractivity contribution in [3.8, 4) is 0 Å². The van der Waals surface area contributed by atoms with Crippen molar-refractivity contribution >= 4 is 0 Å². The zero-order valence-electron chi connectivity index (χ0n) is 10.5. The van der Waals surface area contributed by atoms with Gasteiger partial charge in [-0.05, 0) is 25.3 Å². The minimum absolute atomic E-state index is 0.501. The van der Waals surface area contributed by atoms with Crippen LogP contribution in [-0.4, -0.2) is 9.55 Å². The minimum atomic E-state index is 0.501. The highest BCUT2D eigenvalue weighted by molar-refractivity contribution is 5.22. The van der Waals surface area contributed by atoms with Gasteiger partial charge in [-0.1, -0.05) is 29.8 Å². The van der Waals surface area contributed by atoms with E-state index in [1.807, 2.05) is 13.2 Å². The van der Waals surface area contributed by atoms with Crippen molar-refractivity contribution in [1.29, 1.82) is 0 Å². The molecule has 2 N–H and O–H groups in total. The Morgan fingerprint density at radius 3 is 2.47 bits per heavy atom. The van der Waals surface area contributed by atoms with Crippen LogP contribution in [0.25, 0.3) is 0 Å². The van der Waals surface area contributed by atoms with Crippen molar-refractivity contribution in [2.24, 2.45) is 12.8 Å². The Morgan fingerprint density at radius 1 is 1.18 bits per heavy atom. The smallest absolute Gasteiger partial charge is 0.122 e. The molecule has 17 heavy (non-hydrogen) atoms. The number of rotatable bonds is 4. The fourth-order valence-corrected chi connectivity index (χ4v) is 1.94. The van der Waals surface area contributed by atoms with Crippen LogP contribution in [0.15, 0.2) is 30.5 Å². The van der Waals surface area contributed by atoms with E-state index >= 15 is 0 Å². The summed E-state index contributed by atoms with van der Waals surface area (Å²) in [5.41, 5.74) is 9.52. The highest BCUT2D eigenvalue weighted by Crippen LogP contribution is 2.09. The largest absolute Gasteiger partial charge is 0.334 e. The maximum atomic E-state index is 5.60. The molecule has 2 aromatic rings. The monoisotopic (exact) mass is 229 g/mol. The SMILES string of the molecule is Cc1ccc(CCc2cnc(CN)n2C)cc1. The van der Waals surface area contributed by atoms with Crippen molar-refractivity contribution in [2.45, 2.75) is 26.3 Å². The average Bonchev–Trinajstić information content (AvgIpc) is 2.69. The van der Waals surface area contributed by atoms with Crippen LogP contribution in [0.3, 0.4) is 0 Å². The van der Waals surface area contributed by atoms with Crippen LogP contribution < -0.4 is 5.73 Å². The minimum Gasteiger partial charge on any atom is -0.334 e. The Hall–Kier alpha value is -1.61. The quantitative estimate of drug-likeness (QED) is 0.871. The second-order valence-corrected chi connectivity index (χ2v) is 4.41. The molecule has 90 valence electrons. The molecule has 0 amide bonds.